The lowest BCUT2D eigenvalue weighted by Crippen LogP contribution is -2.18. The lowest BCUT2D eigenvalue weighted by molar-refractivity contribution is 0.0326. The molecule has 11 heteroatoms. The minimum absolute atomic E-state index is 0.260. The average Bonchev–Trinajstić information content (AvgIpc) is 2.91. The van der Waals surface area contributed by atoms with Gasteiger partial charge in [-0.15, -0.1) is 10.2 Å². The predicted molar refractivity (Wildman–Crippen MR) is 140 cm³/mol. The molecule has 0 spiro atoms. The first-order valence-corrected chi connectivity index (χ1v) is 12.2. The Morgan fingerprint density at radius 3 is 2.42 bits per heavy atom. The van der Waals surface area contributed by atoms with Crippen molar-refractivity contribution in [2.24, 2.45) is 0 Å². The van der Waals surface area contributed by atoms with Crippen LogP contribution in [0.1, 0.15) is 28.4 Å². The molecule has 38 heavy (non-hydrogen) atoms. The van der Waals surface area contributed by atoms with Gasteiger partial charge < -0.3 is 24.6 Å². The van der Waals surface area contributed by atoms with Gasteiger partial charge in [-0.25, -0.2) is 4.79 Å². The smallest absolute Gasteiger partial charge is 0.493 e. The lowest BCUT2D eigenvalue weighted by Gasteiger charge is -2.25. The van der Waals surface area contributed by atoms with E-state index in [9.17, 15) is 9.59 Å². The summed E-state index contributed by atoms with van der Waals surface area (Å²) in [6.45, 7) is 0.296. The molecule has 0 aliphatic carbocycles. The maximum absolute atomic E-state index is 12.7. The topological polar surface area (TPSA) is 120 Å². The van der Waals surface area contributed by atoms with Crippen molar-refractivity contribution < 1.29 is 28.9 Å². The Labute approximate surface area is 226 Å². The van der Waals surface area contributed by atoms with Crippen LogP contribution in [0.5, 0.6) is 17.2 Å². The highest BCUT2D eigenvalue weighted by molar-refractivity contribution is 6.32. The van der Waals surface area contributed by atoms with Gasteiger partial charge in [0.25, 0.3) is 5.91 Å². The number of ether oxygens (including phenoxy) is 3. The number of nitrogens with one attached hydrogen (secondary N) is 1. The predicted octanol–water partition coefficient (Wildman–Crippen LogP) is 7.01. The number of rotatable bonds is 6. The van der Waals surface area contributed by atoms with Crippen LogP contribution < -0.4 is 14.8 Å². The number of benzene rings is 3. The third-order valence-corrected chi connectivity index (χ3v) is 6.23. The van der Waals surface area contributed by atoms with E-state index < -0.39 is 12.3 Å². The summed E-state index contributed by atoms with van der Waals surface area (Å²) in [6, 6.07) is 20.2. The van der Waals surface area contributed by atoms with E-state index in [2.05, 4.69) is 15.5 Å². The van der Waals surface area contributed by atoms with Gasteiger partial charge in [0, 0.05) is 34.2 Å². The zero-order valence-electron chi connectivity index (χ0n) is 19.6. The second-order valence-electron chi connectivity index (χ2n) is 8.22. The van der Waals surface area contributed by atoms with Crippen LogP contribution in [0.15, 0.2) is 72.8 Å². The highest BCUT2D eigenvalue weighted by Crippen LogP contribution is 2.42. The zero-order chi connectivity index (χ0) is 26.6. The first-order chi connectivity index (χ1) is 18.4. The van der Waals surface area contributed by atoms with E-state index in [1.807, 2.05) is 12.1 Å². The molecule has 2 N–H and O–H groups in total. The van der Waals surface area contributed by atoms with E-state index >= 15 is 0 Å². The Morgan fingerprint density at radius 2 is 1.74 bits per heavy atom. The number of halogens is 2. The number of carbonyl (C=O) groups is 2. The van der Waals surface area contributed by atoms with Crippen molar-refractivity contribution in [3.05, 3.63) is 94.0 Å². The maximum Gasteiger partial charge on any atom is 0.506 e. The Kier molecular flexibility index (Phi) is 7.30. The molecule has 1 aromatic heterocycles. The molecule has 5 rings (SSSR count). The molecule has 0 saturated heterocycles. The van der Waals surface area contributed by atoms with Gasteiger partial charge in [0.1, 0.15) is 23.4 Å². The standard InChI is InChI=1S/C27H19Cl2N3O6/c28-17-5-1-15(2-6-17)21-9-10-25(32-31-21)30-26(33)16-3-7-18(8-4-16)37-24-14-23-19(13-20(24)29)22(11-12-36-23)38-27(34)35/h1-10,13-14,22H,11-12H2,(H,34,35)(H,30,32,33). The van der Waals surface area contributed by atoms with E-state index in [4.69, 9.17) is 42.5 Å². The molecular formula is C27H19Cl2N3O6. The molecule has 0 saturated carbocycles. The van der Waals surface area contributed by atoms with Gasteiger partial charge >= 0.3 is 6.16 Å². The number of anilines is 1. The molecular weight excluding hydrogens is 533 g/mol. The molecule has 0 radical (unpaired) electrons. The van der Waals surface area contributed by atoms with E-state index in [0.29, 0.717) is 57.9 Å². The molecule has 9 nitrogen and oxygen atoms in total. The molecule has 0 fully saturated rings. The van der Waals surface area contributed by atoms with Crippen molar-refractivity contribution >= 4 is 41.1 Å². The number of carboxylic acid groups (broad SMARTS) is 1. The van der Waals surface area contributed by atoms with E-state index in [0.717, 1.165) is 5.56 Å². The summed E-state index contributed by atoms with van der Waals surface area (Å²) >= 11 is 12.3. The maximum atomic E-state index is 12.7. The first kappa shape index (κ1) is 25.3. The minimum atomic E-state index is -1.37. The summed E-state index contributed by atoms with van der Waals surface area (Å²) in [5.41, 5.74) is 2.42. The summed E-state index contributed by atoms with van der Waals surface area (Å²) in [7, 11) is 0. The molecule has 192 valence electrons. The van der Waals surface area contributed by atoms with Crippen LogP contribution in [0.3, 0.4) is 0 Å². The van der Waals surface area contributed by atoms with Crippen molar-refractivity contribution in [2.45, 2.75) is 12.5 Å². The van der Waals surface area contributed by atoms with Crippen LogP contribution in [-0.4, -0.2) is 34.0 Å². The van der Waals surface area contributed by atoms with Gasteiger partial charge in [0.2, 0.25) is 0 Å². The molecule has 1 aliphatic heterocycles. The second-order valence-corrected chi connectivity index (χ2v) is 9.06. The fourth-order valence-corrected chi connectivity index (χ4v) is 4.18. The van der Waals surface area contributed by atoms with Crippen molar-refractivity contribution in [3.8, 4) is 28.5 Å². The molecule has 0 bridgehead atoms. The number of nitrogens with zero attached hydrogens (tertiary/aromatic N) is 2. The number of carbonyl (C=O) groups excluding carboxylic acids is 1. The Morgan fingerprint density at radius 1 is 0.974 bits per heavy atom. The highest BCUT2D eigenvalue weighted by Gasteiger charge is 2.27. The summed E-state index contributed by atoms with van der Waals surface area (Å²) in [4.78, 5) is 23.6. The largest absolute Gasteiger partial charge is 0.506 e. The van der Waals surface area contributed by atoms with Crippen molar-refractivity contribution in [1.29, 1.82) is 0 Å². The normalized spacial score (nSPS) is 14.1. The van der Waals surface area contributed by atoms with E-state index in [1.165, 1.54) is 0 Å². The van der Waals surface area contributed by atoms with Crippen LogP contribution in [0.25, 0.3) is 11.3 Å². The lowest BCUT2D eigenvalue weighted by atomic mass is 10.0. The number of hydrogen-bond acceptors (Lipinski definition) is 7. The van der Waals surface area contributed by atoms with Gasteiger partial charge in [-0.05, 0) is 54.6 Å². The number of amides is 1. The first-order valence-electron chi connectivity index (χ1n) is 11.4. The van der Waals surface area contributed by atoms with E-state index in [-0.39, 0.29) is 10.9 Å². The molecule has 4 aromatic rings. The fraction of sp³-hybridized carbons (Fsp3) is 0.111. The summed E-state index contributed by atoms with van der Waals surface area (Å²) in [5, 5.41) is 20.8. The highest BCUT2D eigenvalue weighted by atomic mass is 35.5. The third kappa shape index (κ3) is 5.80. The number of hydrogen-bond donors (Lipinski definition) is 2. The number of fused-ring (bicyclic) bond motifs is 1. The van der Waals surface area contributed by atoms with Crippen LogP contribution >= 0.6 is 23.2 Å². The fourth-order valence-electron chi connectivity index (χ4n) is 3.84. The molecule has 2 heterocycles. The Hall–Kier alpha value is -4.34. The van der Waals surface area contributed by atoms with Crippen LogP contribution in [0.4, 0.5) is 10.6 Å². The summed E-state index contributed by atoms with van der Waals surface area (Å²) in [5.74, 6) is 1.12. The molecule has 1 atom stereocenters. The van der Waals surface area contributed by atoms with Crippen LogP contribution in [-0.2, 0) is 4.74 Å². The Bertz CT molecular complexity index is 1480. The van der Waals surface area contributed by atoms with Crippen molar-refractivity contribution in [1.82, 2.24) is 10.2 Å². The van der Waals surface area contributed by atoms with Gasteiger partial charge in [0.15, 0.2) is 5.82 Å². The zero-order valence-corrected chi connectivity index (χ0v) is 21.1. The average molecular weight is 552 g/mol. The molecule has 1 amide bonds. The molecule has 1 aliphatic rings. The summed E-state index contributed by atoms with van der Waals surface area (Å²) < 4.78 is 16.4. The van der Waals surface area contributed by atoms with Gasteiger partial charge in [0.05, 0.1) is 17.3 Å². The Balaban J connectivity index is 1.24. The van der Waals surface area contributed by atoms with Crippen molar-refractivity contribution in [2.75, 3.05) is 11.9 Å². The summed E-state index contributed by atoms with van der Waals surface area (Å²) in [6.07, 6.45) is -1.65. The van der Waals surface area contributed by atoms with Crippen LogP contribution in [0.2, 0.25) is 10.0 Å². The van der Waals surface area contributed by atoms with Gasteiger partial charge in [-0.2, -0.15) is 0 Å². The molecule has 1 unspecified atom stereocenters. The molecule has 3 aromatic carbocycles. The second kappa shape index (κ2) is 11.0. The van der Waals surface area contributed by atoms with Crippen LogP contribution in [0, 0.1) is 0 Å². The van der Waals surface area contributed by atoms with Gasteiger partial charge in [-0.3, -0.25) is 4.79 Å². The SMILES string of the molecule is O=C(O)OC1CCOc2cc(Oc3ccc(C(=O)Nc4ccc(-c5ccc(Cl)cc5)nn4)cc3)c(Cl)cc21. The number of aromatic nitrogens is 2. The van der Waals surface area contributed by atoms with Crippen molar-refractivity contribution in [3.63, 3.8) is 0 Å². The quantitative estimate of drug-likeness (QED) is 0.245. The monoisotopic (exact) mass is 551 g/mol. The third-order valence-electron chi connectivity index (χ3n) is 5.68. The van der Waals surface area contributed by atoms with Gasteiger partial charge in [-0.1, -0.05) is 35.3 Å². The van der Waals surface area contributed by atoms with E-state index in [1.54, 1.807) is 60.7 Å². The minimum Gasteiger partial charge on any atom is -0.493 e.